The van der Waals surface area contributed by atoms with Crippen molar-refractivity contribution in [2.45, 2.75) is 25.8 Å². The zero-order valence-electron chi connectivity index (χ0n) is 18.4. The second-order valence-corrected chi connectivity index (χ2v) is 8.69. The summed E-state index contributed by atoms with van der Waals surface area (Å²) in [5, 5.41) is 0. The van der Waals surface area contributed by atoms with Crippen LogP contribution < -0.4 is 0 Å². The van der Waals surface area contributed by atoms with Gasteiger partial charge in [-0.05, 0) is 55.1 Å². The zero-order valence-corrected chi connectivity index (χ0v) is 18.4. The highest BCUT2D eigenvalue weighted by Gasteiger charge is 2.43. The minimum absolute atomic E-state index is 0.208. The van der Waals surface area contributed by atoms with E-state index in [0.717, 1.165) is 49.3 Å². The number of hydrogen-bond acceptors (Lipinski definition) is 4. The van der Waals surface area contributed by atoms with Crippen LogP contribution in [0.5, 0.6) is 0 Å². The van der Waals surface area contributed by atoms with Gasteiger partial charge in [-0.1, -0.05) is 36.4 Å². The molecule has 2 aromatic heterocycles. The predicted molar refractivity (Wildman–Crippen MR) is 123 cm³/mol. The molecule has 1 saturated heterocycles. The van der Waals surface area contributed by atoms with Crippen LogP contribution in [0.15, 0.2) is 73.2 Å². The van der Waals surface area contributed by atoms with Crippen LogP contribution >= 0.6 is 0 Å². The van der Waals surface area contributed by atoms with Crippen molar-refractivity contribution in [3.63, 3.8) is 0 Å². The third kappa shape index (κ3) is 4.83. The topological polar surface area (TPSA) is 49.3 Å². The SMILES string of the molecule is CN(C)C(=O)C1(Cc2ccccc2-c2cccnc2)CCCN(Cc2ccccn2)C1. The first kappa shape index (κ1) is 21.2. The summed E-state index contributed by atoms with van der Waals surface area (Å²) in [4.78, 5) is 26.5. The van der Waals surface area contributed by atoms with Gasteiger partial charge in [0.2, 0.25) is 5.91 Å². The summed E-state index contributed by atoms with van der Waals surface area (Å²) in [5.41, 5.74) is 4.04. The first-order chi connectivity index (χ1) is 15.1. The Balaban J connectivity index is 1.66. The van der Waals surface area contributed by atoms with E-state index in [-0.39, 0.29) is 5.91 Å². The highest BCUT2D eigenvalue weighted by molar-refractivity contribution is 5.83. The molecule has 0 radical (unpaired) electrons. The second-order valence-electron chi connectivity index (χ2n) is 8.69. The average Bonchev–Trinajstić information content (AvgIpc) is 2.80. The maximum Gasteiger partial charge on any atom is 0.229 e. The summed E-state index contributed by atoms with van der Waals surface area (Å²) in [6.07, 6.45) is 8.13. The molecule has 0 N–H and O–H groups in total. The molecule has 1 aliphatic rings. The molecule has 1 amide bonds. The molecule has 0 spiro atoms. The first-order valence-electron chi connectivity index (χ1n) is 10.9. The van der Waals surface area contributed by atoms with Crippen molar-refractivity contribution in [2.24, 2.45) is 5.41 Å². The molecule has 3 aromatic rings. The highest BCUT2D eigenvalue weighted by Crippen LogP contribution is 2.38. The Morgan fingerprint density at radius 3 is 2.65 bits per heavy atom. The summed E-state index contributed by atoms with van der Waals surface area (Å²) < 4.78 is 0. The van der Waals surface area contributed by atoms with E-state index >= 15 is 0 Å². The zero-order chi connectivity index (χ0) is 21.7. The molecule has 1 aliphatic heterocycles. The van der Waals surface area contributed by atoms with E-state index in [1.807, 2.05) is 44.7 Å². The number of carbonyl (C=O) groups is 1. The third-order valence-corrected chi connectivity index (χ3v) is 6.15. The molecule has 0 saturated carbocycles. The maximum atomic E-state index is 13.5. The van der Waals surface area contributed by atoms with Gasteiger partial charge in [0.25, 0.3) is 0 Å². The van der Waals surface area contributed by atoms with Gasteiger partial charge in [0, 0.05) is 51.3 Å². The quantitative estimate of drug-likeness (QED) is 0.610. The molecule has 0 aliphatic carbocycles. The van der Waals surface area contributed by atoms with Crippen molar-refractivity contribution in [1.29, 1.82) is 0 Å². The summed E-state index contributed by atoms with van der Waals surface area (Å²) in [6, 6.07) is 18.5. The number of nitrogens with zero attached hydrogens (tertiary/aromatic N) is 4. The lowest BCUT2D eigenvalue weighted by atomic mass is 9.73. The molecular formula is C26H30N4O. The number of likely N-dealkylation sites (tertiary alicyclic amines) is 1. The minimum Gasteiger partial charge on any atom is -0.348 e. The molecule has 4 rings (SSSR count). The lowest BCUT2D eigenvalue weighted by molar-refractivity contribution is -0.143. The summed E-state index contributed by atoms with van der Waals surface area (Å²) in [6.45, 7) is 2.50. The van der Waals surface area contributed by atoms with E-state index in [1.165, 1.54) is 5.56 Å². The van der Waals surface area contributed by atoms with Crippen LogP contribution in [0, 0.1) is 5.41 Å². The fourth-order valence-corrected chi connectivity index (χ4v) is 4.79. The van der Waals surface area contributed by atoms with Gasteiger partial charge in [-0.15, -0.1) is 0 Å². The van der Waals surface area contributed by atoms with Crippen molar-refractivity contribution in [3.05, 3.63) is 84.4 Å². The van der Waals surface area contributed by atoms with Crippen molar-refractivity contribution in [1.82, 2.24) is 19.8 Å². The lowest BCUT2D eigenvalue weighted by Crippen LogP contribution is -2.52. The molecule has 5 nitrogen and oxygen atoms in total. The summed E-state index contributed by atoms with van der Waals surface area (Å²) in [5.74, 6) is 0.208. The molecule has 1 aromatic carbocycles. The number of amides is 1. The Bertz CT molecular complexity index is 1010. The minimum atomic E-state index is -0.450. The van der Waals surface area contributed by atoms with Crippen LogP contribution in [0.4, 0.5) is 0 Å². The van der Waals surface area contributed by atoms with Crippen LogP contribution in [0.1, 0.15) is 24.1 Å². The number of carbonyl (C=O) groups excluding carboxylic acids is 1. The molecule has 1 fully saturated rings. The van der Waals surface area contributed by atoms with Crippen LogP contribution in [0.25, 0.3) is 11.1 Å². The van der Waals surface area contributed by atoms with Gasteiger partial charge >= 0.3 is 0 Å². The molecule has 160 valence electrons. The van der Waals surface area contributed by atoms with Gasteiger partial charge in [-0.3, -0.25) is 19.7 Å². The Hall–Kier alpha value is -3.05. The molecule has 1 atom stereocenters. The third-order valence-electron chi connectivity index (χ3n) is 6.15. The van der Waals surface area contributed by atoms with E-state index in [9.17, 15) is 4.79 Å². The molecule has 0 bridgehead atoms. The predicted octanol–water partition coefficient (Wildman–Crippen LogP) is 4.06. The van der Waals surface area contributed by atoms with E-state index in [2.05, 4.69) is 51.3 Å². The van der Waals surface area contributed by atoms with Crippen molar-refractivity contribution in [2.75, 3.05) is 27.2 Å². The van der Waals surface area contributed by atoms with Crippen molar-refractivity contribution < 1.29 is 4.79 Å². The Morgan fingerprint density at radius 1 is 1.06 bits per heavy atom. The van der Waals surface area contributed by atoms with Crippen LogP contribution in [-0.4, -0.2) is 52.9 Å². The van der Waals surface area contributed by atoms with Gasteiger partial charge in [0.1, 0.15) is 0 Å². The standard InChI is InChI=1S/C26H30N4O/c1-29(2)25(31)26(13-8-16-30(20-26)19-23-11-5-6-15-28-23)17-21-9-3-4-12-24(21)22-10-7-14-27-18-22/h3-7,9-12,14-15,18H,8,13,16-17,19-20H2,1-2H3. The summed E-state index contributed by atoms with van der Waals surface area (Å²) >= 11 is 0. The molecule has 5 heteroatoms. The fraction of sp³-hybridized carbons (Fsp3) is 0.346. The average molecular weight is 415 g/mol. The monoisotopic (exact) mass is 414 g/mol. The normalized spacial score (nSPS) is 19.2. The van der Waals surface area contributed by atoms with Gasteiger partial charge in [-0.25, -0.2) is 0 Å². The molecular weight excluding hydrogens is 384 g/mol. The van der Waals surface area contributed by atoms with E-state index in [1.54, 1.807) is 11.1 Å². The molecule has 3 heterocycles. The number of pyridine rings is 2. The van der Waals surface area contributed by atoms with E-state index in [0.29, 0.717) is 6.42 Å². The number of aromatic nitrogens is 2. The largest absolute Gasteiger partial charge is 0.348 e. The second kappa shape index (κ2) is 9.40. The van der Waals surface area contributed by atoms with Crippen LogP contribution in [-0.2, 0) is 17.8 Å². The Morgan fingerprint density at radius 2 is 1.90 bits per heavy atom. The van der Waals surface area contributed by atoms with Gasteiger partial charge in [-0.2, -0.15) is 0 Å². The van der Waals surface area contributed by atoms with Gasteiger partial charge in [0.15, 0.2) is 0 Å². The number of piperidine rings is 1. The summed E-state index contributed by atoms with van der Waals surface area (Å²) in [7, 11) is 3.74. The number of rotatable bonds is 6. The fourth-order valence-electron chi connectivity index (χ4n) is 4.79. The van der Waals surface area contributed by atoms with Gasteiger partial charge < -0.3 is 4.90 Å². The highest BCUT2D eigenvalue weighted by atomic mass is 16.2. The molecule has 1 unspecified atom stereocenters. The van der Waals surface area contributed by atoms with Crippen molar-refractivity contribution >= 4 is 5.91 Å². The Kier molecular flexibility index (Phi) is 6.42. The first-order valence-corrected chi connectivity index (χ1v) is 10.9. The number of benzene rings is 1. The smallest absolute Gasteiger partial charge is 0.229 e. The van der Waals surface area contributed by atoms with Crippen LogP contribution in [0.2, 0.25) is 0 Å². The Labute approximate surface area is 184 Å². The van der Waals surface area contributed by atoms with Crippen molar-refractivity contribution in [3.8, 4) is 11.1 Å². The maximum absolute atomic E-state index is 13.5. The van der Waals surface area contributed by atoms with Crippen LogP contribution in [0.3, 0.4) is 0 Å². The molecule has 31 heavy (non-hydrogen) atoms. The number of hydrogen-bond donors (Lipinski definition) is 0. The van der Waals surface area contributed by atoms with E-state index in [4.69, 9.17) is 0 Å². The lowest BCUT2D eigenvalue weighted by Gasteiger charge is -2.43. The van der Waals surface area contributed by atoms with E-state index < -0.39 is 5.41 Å². The van der Waals surface area contributed by atoms with Gasteiger partial charge in [0.05, 0.1) is 11.1 Å².